The Bertz CT molecular complexity index is 2580. The third kappa shape index (κ3) is 5.78. The van der Waals surface area contributed by atoms with Crippen LogP contribution < -0.4 is 9.64 Å². The van der Waals surface area contributed by atoms with Gasteiger partial charge in [-0.25, -0.2) is 0 Å². The van der Waals surface area contributed by atoms with Crippen molar-refractivity contribution in [3.8, 4) is 11.5 Å². The molecule has 1 aliphatic heterocycles. The minimum atomic E-state index is -1.35. The third-order valence-electron chi connectivity index (χ3n) is 12.5. The minimum Gasteiger partial charge on any atom is -0.504 e. The number of ether oxygens (including phenoxy) is 1. The number of amides is 2. The number of ketones is 3. The molecule has 1 N–H and O–H groups in total. The molecule has 5 aromatic rings. The highest BCUT2D eigenvalue weighted by atomic mass is 16.5. The van der Waals surface area contributed by atoms with Gasteiger partial charge in [0.05, 0.1) is 30.0 Å². The van der Waals surface area contributed by atoms with Crippen LogP contribution in [0.1, 0.15) is 45.5 Å². The lowest BCUT2D eigenvalue weighted by molar-refractivity contribution is -0.135. The van der Waals surface area contributed by atoms with E-state index in [1.165, 1.54) is 24.2 Å². The number of hydrogen-bond acceptors (Lipinski definition) is 7. The first-order valence-electron chi connectivity index (χ1n) is 19.5. The zero-order valence-corrected chi connectivity index (χ0v) is 31.7. The fourth-order valence-corrected chi connectivity index (χ4v) is 9.90. The van der Waals surface area contributed by atoms with Crippen LogP contribution >= 0.6 is 0 Å². The molecule has 0 radical (unpaired) electrons. The average molecular weight is 766 g/mol. The number of rotatable bonds is 8. The maximum absolute atomic E-state index is 15.2. The highest BCUT2D eigenvalue weighted by Gasteiger charge is 2.65. The average Bonchev–Trinajstić information content (AvgIpc) is 3.53. The number of aromatic hydroxyl groups is 1. The monoisotopic (exact) mass is 765 g/mol. The van der Waals surface area contributed by atoms with Crippen LogP contribution in [0.4, 0.5) is 5.69 Å². The molecule has 9 rings (SSSR count). The molecule has 1 saturated carbocycles. The molecule has 0 bridgehead atoms. The van der Waals surface area contributed by atoms with E-state index in [1.807, 2.05) is 85.0 Å². The van der Waals surface area contributed by atoms with Crippen LogP contribution in [0.25, 0.3) is 11.6 Å². The molecular weight excluding hydrogens is 727 g/mol. The number of Topliss-reactive ketones (excluding diaryl/α,β-unsaturated/α-hetero) is 1. The van der Waals surface area contributed by atoms with Gasteiger partial charge in [-0.3, -0.25) is 28.9 Å². The number of nitrogens with zero attached hydrogens (tertiary/aromatic N) is 1. The topological polar surface area (TPSA) is 118 Å². The summed E-state index contributed by atoms with van der Waals surface area (Å²) in [5, 5.41) is 10.3. The number of phenols is 1. The summed E-state index contributed by atoms with van der Waals surface area (Å²) < 4.78 is 5.38. The van der Waals surface area contributed by atoms with Crippen LogP contribution in [0.3, 0.4) is 0 Å². The summed E-state index contributed by atoms with van der Waals surface area (Å²) in [6, 6.07) is 39.0. The van der Waals surface area contributed by atoms with Crippen LogP contribution in [0.5, 0.6) is 11.5 Å². The molecule has 0 aromatic heterocycles. The van der Waals surface area contributed by atoms with E-state index < -0.39 is 35.0 Å². The first-order chi connectivity index (χ1) is 28.2. The van der Waals surface area contributed by atoms with Gasteiger partial charge in [0, 0.05) is 28.5 Å². The number of allylic oxidation sites excluding steroid dienone is 5. The van der Waals surface area contributed by atoms with Crippen molar-refractivity contribution in [1.82, 2.24) is 0 Å². The van der Waals surface area contributed by atoms with Gasteiger partial charge < -0.3 is 9.84 Å². The SMILES string of the molecule is COc1cc(C=CC2C3=CCC4C(=O)N(c5ccc(C(=O)c6ccccc6)cc5)C(=O)C4C3CC3C(=O)C(c4ccccc4)=CC(=O)C23c2ccccc2)ccc1O. The first kappa shape index (κ1) is 36.7. The van der Waals surface area contributed by atoms with Gasteiger partial charge in [0.2, 0.25) is 11.8 Å². The molecule has 1 heterocycles. The fourth-order valence-electron chi connectivity index (χ4n) is 9.90. The molecule has 8 nitrogen and oxygen atoms in total. The lowest BCUT2D eigenvalue weighted by Gasteiger charge is -2.54. The number of hydrogen-bond donors (Lipinski definition) is 1. The van der Waals surface area contributed by atoms with Crippen molar-refractivity contribution < 1.29 is 33.8 Å². The van der Waals surface area contributed by atoms with Gasteiger partial charge in [0.25, 0.3) is 0 Å². The summed E-state index contributed by atoms with van der Waals surface area (Å²) in [4.78, 5) is 73.8. The number of anilines is 1. The fraction of sp³-hybridized carbons (Fsp3) is 0.180. The van der Waals surface area contributed by atoms with E-state index in [-0.39, 0.29) is 53.5 Å². The highest BCUT2D eigenvalue weighted by molar-refractivity contribution is 6.31. The second-order valence-electron chi connectivity index (χ2n) is 15.4. The predicted molar refractivity (Wildman–Crippen MR) is 220 cm³/mol. The van der Waals surface area contributed by atoms with Gasteiger partial charge in [-0.1, -0.05) is 121 Å². The standard InChI is InChI=1S/C50H39NO7/c1-58-43-27-30(18-26-42(43)52)17-25-40-36-23-24-37-45(49(57)51(48(37)56)35-21-19-33(20-22-35)46(54)32-13-7-3-8-14-32)39(36)28-41-47(55)38(31-11-5-2-6-12-31)29-44(53)50(40,41)34-15-9-4-10-16-34/h2-23,25-27,29,37,39-41,45,52H,24,28H2,1H3. The lowest BCUT2D eigenvalue weighted by Crippen LogP contribution is -2.59. The molecule has 8 heteroatoms. The molecule has 2 fully saturated rings. The van der Waals surface area contributed by atoms with E-state index in [4.69, 9.17) is 4.74 Å². The van der Waals surface area contributed by atoms with Gasteiger partial charge in [0.1, 0.15) is 0 Å². The van der Waals surface area contributed by atoms with Crippen molar-refractivity contribution in [2.24, 2.45) is 29.6 Å². The Morgan fingerprint density at radius 3 is 2.12 bits per heavy atom. The molecule has 58 heavy (non-hydrogen) atoms. The Labute approximate surface area is 335 Å². The van der Waals surface area contributed by atoms with Gasteiger partial charge >= 0.3 is 0 Å². The maximum atomic E-state index is 15.2. The van der Waals surface area contributed by atoms with E-state index >= 15 is 9.59 Å². The second-order valence-corrected chi connectivity index (χ2v) is 15.4. The Morgan fingerprint density at radius 2 is 1.43 bits per heavy atom. The van der Waals surface area contributed by atoms with E-state index in [9.17, 15) is 19.5 Å². The molecule has 286 valence electrons. The highest BCUT2D eigenvalue weighted by Crippen LogP contribution is 2.61. The summed E-state index contributed by atoms with van der Waals surface area (Å²) in [5.41, 5.74) is 3.20. The largest absolute Gasteiger partial charge is 0.504 e. The van der Waals surface area contributed by atoms with Crippen LogP contribution in [0.2, 0.25) is 0 Å². The zero-order valence-electron chi connectivity index (χ0n) is 31.7. The Balaban J connectivity index is 1.16. The predicted octanol–water partition coefficient (Wildman–Crippen LogP) is 8.21. The van der Waals surface area contributed by atoms with E-state index in [1.54, 1.807) is 60.7 Å². The Kier molecular flexibility index (Phi) is 9.20. The third-order valence-corrected chi connectivity index (χ3v) is 12.5. The van der Waals surface area contributed by atoms with E-state index in [2.05, 4.69) is 0 Å². The summed E-state index contributed by atoms with van der Waals surface area (Å²) in [6.45, 7) is 0. The molecule has 0 spiro atoms. The minimum absolute atomic E-state index is 0.0164. The molecule has 4 aliphatic rings. The quantitative estimate of drug-likeness (QED) is 0.0962. The molecule has 1 saturated heterocycles. The number of methoxy groups -OCH3 is 1. The molecule has 6 atom stereocenters. The lowest BCUT2D eigenvalue weighted by atomic mass is 9.45. The van der Waals surface area contributed by atoms with E-state index in [0.717, 1.165) is 5.57 Å². The van der Waals surface area contributed by atoms with Crippen molar-refractivity contribution in [2.45, 2.75) is 18.3 Å². The Hall–Kier alpha value is -6.93. The van der Waals surface area contributed by atoms with E-state index in [0.29, 0.717) is 39.1 Å². The Morgan fingerprint density at radius 1 is 0.776 bits per heavy atom. The molecule has 5 aromatic carbocycles. The van der Waals surface area contributed by atoms with Gasteiger partial charge in [-0.2, -0.15) is 0 Å². The van der Waals surface area contributed by atoms with Crippen molar-refractivity contribution in [1.29, 1.82) is 0 Å². The van der Waals surface area contributed by atoms with Crippen molar-refractivity contribution >= 4 is 46.5 Å². The van der Waals surface area contributed by atoms with Crippen molar-refractivity contribution in [3.63, 3.8) is 0 Å². The van der Waals surface area contributed by atoms with Crippen LogP contribution in [-0.4, -0.2) is 41.4 Å². The molecule has 3 aliphatic carbocycles. The summed E-state index contributed by atoms with van der Waals surface area (Å²) in [7, 11) is 1.47. The molecule has 2 amide bonds. The maximum Gasteiger partial charge on any atom is 0.238 e. The summed E-state index contributed by atoms with van der Waals surface area (Å²) in [6.07, 6.45) is 7.79. The van der Waals surface area contributed by atoms with Gasteiger partial charge in [-0.05, 0) is 77.9 Å². The van der Waals surface area contributed by atoms with Gasteiger partial charge in [0.15, 0.2) is 28.8 Å². The zero-order chi connectivity index (χ0) is 40.1. The smallest absolute Gasteiger partial charge is 0.238 e. The number of imide groups is 1. The van der Waals surface area contributed by atoms with Crippen molar-refractivity contribution in [3.05, 3.63) is 185 Å². The normalized spacial score (nSPS) is 25.1. The second kappa shape index (κ2) is 14.5. The number of benzene rings is 5. The van der Waals surface area contributed by atoms with Crippen LogP contribution in [0, 0.1) is 29.6 Å². The number of fused-ring (bicyclic) bond motifs is 4. The summed E-state index contributed by atoms with van der Waals surface area (Å²) >= 11 is 0. The number of carbonyl (C=O) groups is 5. The number of phenolic OH excluding ortho intramolecular Hbond substituents is 1. The summed E-state index contributed by atoms with van der Waals surface area (Å²) in [5.74, 6) is -4.50. The van der Waals surface area contributed by atoms with Crippen LogP contribution in [0.15, 0.2) is 157 Å². The first-order valence-corrected chi connectivity index (χ1v) is 19.5. The number of carbonyl (C=O) groups excluding carboxylic acids is 5. The molecular formula is C50H39NO7. The molecule has 6 unspecified atom stereocenters. The van der Waals surface area contributed by atoms with Gasteiger partial charge in [-0.15, -0.1) is 0 Å². The van der Waals surface area contributed by atoms with Crippen molar-refractivity contribution in [2.75, 3.05) is 12.0 Å². The van der Waals surface area contributed by atoms with Crippen LogP contribution in [-0.2, 0) is 24.6 Å².